The fourth-order valence-electron chi connectivity index (χ4n) is 1.99. The van der Waals surface area contributed by atoms with Gasteiger partial charge in [-0.25, -0.2) is 4.79 Å². The van der Waals surface area contributed by atoms with Gasteiger partial charge in [-0.2, -0.15) is 0 Å². The first-order chi connectivity index (χ1) is 11.4. The summed E-state index contributed by atoms with van der Waals surface area (Å²) in [6.07, 6.45) is 4.53. The highest BCUT2D eigenvalue weighted by Gasteiger charge is 2.31. The summed E-state index contributed by atoms with van der Waals surface area (Å²) in [6, 6.07) is 6.51. The normalized spacial score (nSPS) is 16.3. The van der Waals surface area contributed by atoms with Gasteiger partial charge in [0.2, 0.25) is 0 Å². The Labute approximate surface area is 147 Å². The fourth-order valence-corrected chi connectivity index (χ4v) is 3.25. The molecule has 1 amide bonds. The lowest BCUT2D eigenvalue weighted by atomic mass is 10.1. The Morgan fingerprint density at radius 3 is 2.62 bits per heavy atom. The molecule has 8 heteroatoms. The molecule has 1 saturated heterocycles. The van der Waals surface area contributed by atoms with Crippen LogP contribution in [0.5, 0.6) is 0 Å². The summed E-state index contributed by atoms with van der Waals surface area (Å²) in [5, 5.41) is 17.8. The van der Waals surface area contributed by atoms with Crippen LogP contribution in [0.4, 0.5) is 0 Å². The lowest BCUT2D eigenvalue weighted by Crippen LogP contribution is -2.30. The predicted molar refractivity (Wildman–Crippen MR) is 94.7 cm³/mol. The van der Waals surface area contributed by atoms with Gasteiger partial charge in [-0.3, -0.25) is 14.5 Å². The number of thiocarbonyl (C=S) groups is 1. The molecule has 0 bridgehead atoms. The Morgan fingerprint density at radius 2 is 1.96 bits per heavy atom. The van der Waals surface area contributed by atoms with Gasteiger partial charge in [-0.1, -0.05) is 54.3 Å². The molecular weight excluding hydrogens is 350 g/mol. The highest BCUT2D eigenvalue weighted by Crippen LogP contribution is 2.31. The largest absolute Gasteiger partial charge is 0.481 e. The van der Waals surface area contributed by atoms with Crippen LogP contribution < -0.4 is 0 Å². The summed E-state index contributed by atoms with van der Waals surface area (Å²) in [7, 11) is 0. The summed E-state index contributed by atoms with van der Waals surface area (Å²) in [6.45, 7) is 0.0307. The average molecular weight is 363 g/mol. The van der Waals surface area contributed by atoms with Crippen LogP contribution in [0.15, 0.2) is 41.3 Å². The molecule has 1 aromatic carbocycles. The SMILES string of the molecule is O=C(O)CCN1C(=O)C(=CC=Cc2ccccc2C(=O)O)SC1=S. The van der Waals surface area contributed by atoms with Gasteiger partial charge in [-0.15, -0.1) is 0 Å². The Bertz CT molecular complexity index is 769. The summed E-state index contributed by atoms with van der Waals surface area (Å²) in [5.41, 5.74) is 0.679. The van der Waals surface area contributed by atoms with Gasteiger partial charge in [-0.05, 0) is 17.7 Å². The monoisotopic (exact) mass is 363 g/mol. The van der Waals surface area contributed by atoms with Crippen molar-refractivity contribution in [3.63, 3.8) is 0 Å². The van der Waals surface area contributed by atoms with Gasteiger partial charge >= 0.3 is 11.9 Å². The zero-order chi connectivity index (χ0) is 17.7. The molecule has 0 aromatic heterocycles. The van der Waals surface area contributed by atoms with Crippen LogP contribution in [0.3, 0.4) is 0 Å². The number of aliphatic carboxylic acids is 1. The van der Waals surface area contributed by atoms with E-state index < -0.39 is 11.9 Å². The van der Waals surface area contributed by atoms with E-state index in [0.29, 0.717) is 14.8 Å². The molecule has 1 aliphatic heterocycles. The van der Waals surface area contributed by atoms with Gasteiger partial charge in [0.25, 0.3) is 5.91 Å². The molecule has 2 N–H and O–H groups in total. The minimum atomic E-state index is -1.03. The topological polar surface area (TPSA) is 94.9 Å². The van der Waals surface area contributed by atoms with Crippen molar-refractivity contribution in [1.82, 2.24) is 4.90 Å². The zero-order valence-electron chi connectivity index (χ0n) is 12.3. The number of benzene rings is 1. The van der Waals surface area contributed by atoms with Crippen LogP contribution in [0.2, 0.25) is 0 Å². The van der Waals surface area contributed by atoms with E-state index in [9.17, 15) is 14.4 Å². The number of carbonyl (C=O) groups excluding carboxylic acids is 1. The minimum Gasteiger partial charge on any atom is -0.481 e. The van der Waals surface area contributed by atoms with Gasteiger partial charge in [0.05, 0.1) is 16.9 Å². The third-order valence-corrected chi connectivity index (χ3v) is 4.53. The maximum Gasteiger partial charge on any atom is 0.336 e. The number of carboxylic acid groups (broad SMARTS) is 2. The Hall–Kier alpha value is -2.45. The maximum atomic E-state index is 12.2. The number of amides is 1. The molecule has 0 atom stereocenters. The number of nitrogens with zero attached hydrogens (tertiary/aromatic N) is 1. The number of allylic oxidation sites excluding steroid dienone is 2. The van der Waals surface area contributed by atoms with Crippen molar-refractivity contribution in [3.05, 3.63) is 52.4 Å². The number of carboxylic acids is 2. The average Bonchev–Trinajstić information content (AvgIpc) is 2.79. The minimum absolute atomic E-state index is 0.0307. The molecule has 24 heavy (non-hydrogen) atoms. The molecule has 124 valence electrons. The molecule has 0 unspecified atom stereocenters. The second kappa shape index (κ2) is 7.89. The lowest BCUT2D eigenvalue weighted by molar-refractivity contribution is -0.137. The number of carbonyl (C=O) groups is 3. The number of rotatable bonds is 6. The fraction of sp³-hybridized carbons (Fsp3) is 0.125. The van der Waals surface area contributed by atoms with Gasteiger partial charge in [0.1, 0.15) is 4.32 Å². The number of hydrogen-bond donors (Lipinski definition) is 2. The molecule has 0 aliphatic carbocycles. The van der Waals surface area contributed by atoms with Crippen molar-refractivity contribution in [3.8, 4) is 0 Å². The standard InChI is InChI=1S/C16H13NO5S2/c18-13(19)8-9-17-14(20)12(24-16(17)23)7-3-5-10-4-1-2-6-11(10)15(21)22/h1-7H,8-9H2,(H,18,19)(H,21,22). The van der Waals surface area contributed by atoms with Crippen LogP contribution in [0, 0.1) is 0 Å². The Kier molecular flexibility index (Phi) is 5.88. The Balaban J connectivity index is 2.13. The van der Waals surface area contributed by atoms with E-state index in [4.69, 9.17) is 22.4 Å². The highest BCUT2D eigenvalue weighted by atomic mass is 32.2. The van der Waals surface area contributed by atoms with E-state index in [-0.39, 0.29) is 24.4 Å². The van der Waals surface area contributed by atoms with Crippen molar-refractivity contribution in [2.24, 2.45) is 0 Å². The third-order valence-electron chi connectivity index (χ3n) is 3.14. The third kappa shape index (κ3) is 4.30. The molecule has 1 heterocycles. The molecule has 2 rings (SSSR count). The molecule has 1 aliphatic rings. The first kappa shape index (κ1) is 17.9. The van der Waals surface area contributed by atoms with Crippen molar-refractivity contribution in [2.75, 3.05) is 6.54 Å². The Morgan fingerprint density at radius 1 is 1.25 bits per heavy atom. The van der Waals surface area contributed by atoms with E-state index in [1.165, 1.54) is 11.0 Å². The van der Waals surface area contributed by atoms with E-state index in [2.05, 4.69) is 0 Å². The molecule has 0 spiro atoms. The second-order valence-corrected chi connectivity index (χ2v) is 6.43. The van der Waals surface area contributed by atoms with E-state index in [1.54, 1.807) is 36.4 Å². The molecule has 6 nitrogen and oxygen atoms in total. The molecule has 0 radical (unpaired) electrons. The van der Waals surface area contributed by atoms with Gasteiger partial charge in [0, 0.05) is 6.54 Å². The predicted octanol–water partition coefficient (Wildman–Crippen LogP) is 2.62. The van der Waals surface area contributed by atoms with E-state index >= 15 is 0 Å². The highest BCUT2D eigenvalue weighted by molar-refractivity contribution is 8.26. The summed E-state index contributed by atoms with van der Waals surface area (Å²) < 4.78 is 0.312. The van der Waals surface area contributed by atoms with Crippen molar-refractivity contribution >= 4 is 52.2 Å². The quantitative estimate of drug-likeness (QED) is 0.592. The van der Waals surface area contributed by atoms with Crippen LogP contribution in [-0.4, -0.2) is 43.8 Å². The zero-order valence-corrected chi connectivity index (χ0v) is 14.0. The van der Waals surface area contributed by atoms with Crippen LogP contribution in [0.25, 0.3) is 6.08 Å². The van der Waals surface area contributed by atoms with E-state index in [0.717, 1.165) is 11.8 Å². The van der Waals surface area contributed by atoms with Crippen molar-refractivity contribution in [2.45, 2.75) is 6.42 Å². The van der Waals surface area contributed by atoms with Crippen molar-refractivity contribution < 1.29 is 24.6 Å². The number of hydrogen-bond acceptors (Lipinski definition) is 5. The first-order valence-electron chi connectivity index (χ1n) is 6.86. The molecule has 1 fully saturated rings. The number of aromatic carboxylic acids is 1. The van der Waals surface area contributed by atoms with Gasteiger partial charge in [0.15, 0.2) is 0 Å². The summed E-state index contributed by atoms with van der Waals surface area (Å²) in [5.74, 6) is -2.38. The number of thioether (sulfide) groups is 1. The van der Waals surface area contributed by atoms with Crippen LogP contribution in [-0.2, 0) is 9.59 Å². The van der Waals surface area contributed by atoms with Crippen LogP contribution >= 0.6 is 24.0 Å². The van der Waals surface area contributed by atoms with E-state index in [1.807, 2.05) is 0 Å². The smallest absolute Gasteiger partial charge is 0.336 e. The molecule has 1 aromatic rings. The molecular formula is C16H13NO5S2. The first-order valence-corrected chi connectivity index (χ1v) is 8.09. The van der Waals surface area contributed by atoms with Crippen LogP contribution in [0.1, 0.15) is 22.3 Å². The molecule has 0 saturated carbocycles. The van der Waals surface area contributed by atoms with Gasteiger partial charge < -0.3 is 10.2 Å². The lowest BCUT2D eigenvalue weighted by Gasteiger charge is -2.12. The second-order valence-electron chi connectivity index (χ2n) is 4.75. The summed E-state index contributed by atoms with van der Waals surface area (Å²) in [4.78, 5) is 35.5. The van der Waals surface area contributed by atoms with Crippen molar-refractivity contribution in [1.29, 1.82) is 0 Å². The maximum absolute atomic E-state index is 12.2. The summed E-state index contributed by atoms with van der Waals surface area (Å²) >= 11 is 6.17.